The van der Waals surface area contributed by atoms with Gasteiger partial charge in [0.2, 0.25) is 0 Å². The summed E-state index contributed by atoms with van der Waals surface area (Å²) in [7, 11) is 3.40. The van der Waals surface area contributed by atoms with E-state index in [-0.39, 0.29) is 11.7 Å². The molecule has 6 nitrogen and oxygen atoms in total. The summed E-state index contributed by atoms with van der Waals surface area (Å²) in [6.45, 7) is 1.85. The Labute approximate surface area is 152 Å². The SMILES string of the molecule is CNC(=O)c1cc2c(nc(C)n2C)c(O)c1CC[C@@H](O)c1ccccc1. The number of carbonyl (C=O) groups is 1. The molecule has 0 bridgehead atoms. The van der Waals surface area contributed by atoms with Gasteiger partial charge in [-0.15, -0.1) is 0 Å². The van der Waals surface area contributed by atoms with Gasteiger partial charge in [-0.05, 0) is 31.4 Å². The van der Waals surface area contributed by atoms with E-state index in [1.54, 1.807) is 13.1 Å². The first kappa shape index (κ1) is 17.9. The fraction of sp³-hybridized carbons (Fsp3) is 0.300. The highest BCUT2D eigenvalue weighted by molar-refractivity contribution is 6.01. The third kappa shape index (κ3) is 3.15. The number of aliphatic hydroxyl groups is 1. The predicted molar refractivity (Wildman–Crippen MR) is 100 cm³/mol. The first-order valence-electron chi connectivity index (χ1n) is 8.57. The number of fused-ring (bicyclic) bond motifs is 1. The van der Waals surface area contributed by atoms with E-state index in [2.05, 4.69) is 10.3 Å². The van der Waals surface area contributed by atoms with Gasteiger partial charge in [0, 0.05) is 25.2 Å². The molecule has 0 unspecified atom stereocenters. The highest BCUT2D eigenvalue weighted by atomic mass is 16.3. The second-order valence-electron chi connectivity index (χ2n) is 6.38. The number of aliphatic hydroxyl groups excluding tert-OH is 1. The van der Waals surface area contributed by atoms with Gasteiger partial charge in [0.05, 0.1) is 11.6 Å². The van der Waals surface area contributed by atoms with E-state index in [0.29, 0.717) is 35.0 Å². The number of amides is 1. The van der Waals surface area contributed by atoms with Crippen molar-refractivity contribution in [3.63, 3.8) is 0 Å². The second kappa shape index (κ2) is 7.17. The Morgan fingerprint density at radius 2 is 2.00 bits per heavy atom. The lowest BCUT2D eigenvalue weighted by Gasteiger charge is -2.15. The number of phenolic OH excluding ortho intramolecular Hbond substituents is 1. The van der Waals surface area contributed by atoms with Crippen LogP contribution in [0, 0.1) is 6.92 Å². The third-order valence-electron chi connectivity index (χ3n) is 4.80. The van der Waals surface area contributed by atoms with Gasteiger partial charge >= 0.3 is 0 Å². The number of phenols is 1. The van der Waals surface area contributed by atoms with E-state index in [0.717, 1.165) is 11.4 Å². The van der Waals surface area contributed by atoms with Crippen molar-refractivity contribution in [3.8, 4) is 5.75 Å². The molecular weight excluding hydrogens is 330 g/mol. The Balaban J connectivity index is 2.00. The van der Waals surface area contributed by atoms with Crippen molar-refractivity contribution in [2.75, 3.05) is 7.05 Å². The number of benzene rings is 2. The van der Waals surface area contributed by atoms with Crippen LogP contribution in [0.25, 0.3) is 11.0 Å². The first-order valence-corrected chi connectivity index (χ1v) is 8.57. The summed E-state index contributed by atoms with van der Waals surface area (Å²) < 4.78 is 1.84. The molecule has 0 saturated heterocycles. The minimum Gasteiger partial charge on any atom is -0.505 e. The lowest BCUT2D eigenvalue weighted by atomic mass is 9.96. The van der Waals surface area contributed by atoms with Crippen LogP contribution in [0.2, 0.25) is 0 Å². The zero-order valence-electron chi connectivity index (χ0n) is 15.2. The molecule has 1 aromatic heterocycles. The number of nitrogens with one attached hydrogen (secondary N) is 1. The third-order valence-corrected chi connectivity index (χ3v) is 4.80. The van der Waals surface area contributed by atoms with E-state index in [4.69, 9.17) is 0 Å². The number of aromatic hydroxyl groups is 1. The maximum atomic E-state index is 12.3. The smallest absolute Gasteiger partial charge is 0.251 e. The van der Waals surface area contributed by atoms with E-state index in [1.807, 2.05) is 48.9 Å². The maximum absolute atomic E-state index is 12.3. The van der Waals surface area contributed by atoms with Crippen LogP contribution in [0.5, 0.6) is 5.75 Å². The number of nitrogens with zero attached hydrogens (tertiary/aromatic N) is 2. The fourth-order valence-electron chi connectivity index (χ4n) is 3.17. The van der Waals surface area contributed by atoms with Crippen molar-refractivity contribution in [1.29, 1.82) is 0 Å². The Hall–Kier alpha value is -2.86. The Bertz CT molecular complexity index is 948. The van der Waals surface area contributed by atoms with E-state index < -0.39 is 6.10 Å². The fourth-order valence-corrected chi connectivity index (χ4v) is 3.17. The van der Waals surface area contributed by atoms with Gasteiger partial charge < -0.3 is 20.1 Å². The number of carbonyl (C=O) groups excluding carboxylic acids is 1. The highest BCUT2D eigenvalue weighted by Crippen LogP contribution is 2.34. The van der Waals surface area contributed by atoms with E-state index in [1.165, 1.54) is 0 Å². The van der Waals surface area contributed by atoms with Gasteiger partial charge in [-0.3, -0.25) is 4.79 Å². The molecular formula is C20H23N3O3. The molecule has 0 aliphatic carbocycles. The standard InChI is InChI=1S/C20H23N3O3/c1-12-22-18-16(23(12)3)11-15(20(26)21-2)14(19(18)25)9-10-17(24)13-7-5-4-6-8-13/h4-8,11,17,24-25H,9-10H2,1-3H3,(H,21,26)/t17-/m1/s1. The summed E-state index contributed by atoms with van der Waals surface area (Å²) in [6, 6.07) is 11.1. The van der Waals surface area contributed by atoms with E-state index >= 15 is 0 Å². The van der Waals surface area contributed by atoms with Crippen LogP contribution >= 0.6 is 0 Å². The largest absolute Gasteiger partial charge is 0.505 e. The molecule has 0 saturated carbocycles. The lowest BCUT2D eigenvalue weighted by molar-refractivity contribution is 0.0961. The van der Waals surface area contributed by atoms with Gasteiger partial charge in [0.25, 0.3) is 5.91 Å². The Morgan fingerprint density at radius 1 is 1.31 bits per heavy atom. The summed E-state index contributed by atoms with van der Waals surface area (Å²) in [4.78, 5) is 16.8. The van der Waals surface area contributed by atoms with Gasteiger partial charge in [-0.25, -0.2) is 4.98 Å². The van der Waals surface area contributed by atoms with Gasteiger partial charge in [0.15, 0.2) is 0 Å². The molecule has 2 aromatic carbocycles. The van der Waals surface area contributed by atoms with Crippen molar-refractivity contribution < 1.29 is 15.0 Å². The normalized spacial score (nSPS) is 12.3. The van der Waals surface area contributed by atoms with Crippen LogP contribution in [0.3, 0.4) is 0 Å². The molecule has 1 heterocycles. The zero-order valence-corrected chi connectivity index (χ0v) is 15.2. The monoisotopic (exact) mass is 353 g/mol. The number of hydrogen-bond donors (Lipinski definition) is 3. The second-order valence-corrected chi connectivity index (χ2v) is 6.38. The van der Waals surface area contributed by atoms with E-state index in [9.17, 15) is 15.0 Å². The maximum Gasteiger partial charge on any atom is 0.251 e. The number of hydrogen-bond acceptors (Lipinski definition) is 4. The molecule has 3 rings (SSSR count). The van der Waals surface area contributed by atoms with Crippen LogP contribution < -0.4 is 5.32 Å². The van der Waals surface area contributed by atoms with Crippen molar-refractivity contribution in [3.05, 3.63) is 58.9 Å². The average Bonchev–Trinajstić information content (AvgIpc) is 2.95. The van der Waals surface area contributed by atoms with Crippen LogP contribution in [-0.4, -0.2) is 32.7 Å². The van der Waals surface area contributed by atoms with Gasteiger partial charge in [-0.2, -0.15) is 0 Å². The van der Waals surface area contributed by atoms with Crippen molar-refractivity contribution in [1.82, 2.24) is 14.9 Å². The zero-order chi connectivity index (χ0) is 18.8. The molecule has 3 N–H and O–H groups in total. The Morgan fingerprint density at radius 3 is 2.65 bits per heavy atom. The first-order chi connectivity index (χ1) is 12.4. The summed E-state index contributed by atoms with van der Waals surface area (Å²) in [5, 5.41) is 23.8. The van der Waals surface area contributed by atoms with Crippen molar-refractivity contribution >= 4 is 16.9 Å². The number of rotatable bonds is 5. The van der Waals surface area contributed by atoms with Gasteiger partial charge in [0.1, 0.15) is 17.1 Å². The lowest BCUT2D eigenvalue weighted by Crippen LogP contribution is -2.20. The van der Waals surface area contributed by atoms with Crippen LogP contribution in [0.15, 0.2) is 36.4 Å². The molecule has 1 atom stereocenters. The quantitative estimate of drug-likeness (QED) is 0.658. The van der Waals surface area contributed by atoms with Crippen LogP contribution in [0.4, 0.5) is 0 Å². The average molecular weight is 353 g/mol. The van der Waals surface area contributed by atoms with Crippen molar-refractivity contribution in [2.24, 2.45) is 7.05 Å². The molecule has 0 fully saturated rings. The predicted octanol–water partition coefficient (Wildman–Crippen LogP) is 2.61. The molecule has 0 radical (unpaired) electrons. The molecule has 26 heavy (non-hydrogen) atoms. The number of aromatic nitrogens is 2. The van der Waals surface area contributed by atoms with Gasteiger partial charge in [-0.1, -0.05) is 30.3 Å². The summed E-state index contributed by atoms with van der Waals surface area (Å²) in [6.07, 6.45) is 0.0732. The highest BCUT2D eigenvalue weighted by Gasteiger charge is 2.21. The molecule has 136 valence electrons. The minimum absolute atomic E-state index is 0.00469. The van der Waals surface area contributed by atoms with Crippen LogP contribution in [0.1, 0.15) is 39.8 Å². The summed E-state index contributed by atoms with van der Waals surface area (Å²) in [5.74, 6) is 0.481. The molecule has 3 aromatic rings. The molecule has 0 aliphatic rings. The summed E-state index contributed by atoms with van der Waals surface area (Å²) in [5.41, 5.74) is 2.89. The molecule has 1 amide bonds. The topological polar surface area (TPSA) is 87.4 Å². The minimum atomic E-state index is -0.672. The van der Waals surface area contributed by atoms with Crippen molar-refractivity contribution in [2.45, 2.75) is 25.9 Å². The molecule has 6 heteroatoms. The number of imidazole rings is 1. The molecule has 0 aliphatic heterocycles. The summed E-state index contributed by atoms with van der Waals surface area (Å²) >= 11 is 0. The number of aryl methyl sites for hydroxylation is 2. The Kier molecular flexibility index (Phi) is 4.95. The molecule has 0 spiro atoms. The van der Waals surface area contributed by atoms with Crippen LogP contribution in [-0.2, 0) is 13.5 Å².